The van der Waals surface area contributed by atoms with Crippen LogP contribution in [0.25, 0.3) is 0 Å². The molecule has 4 nitrogen and oxygen atoms in total. The smallest absolute Gasteiger partial charge is 0.279 e. The van der Waals surface area contributed by atoms with Gasteiger partial charge in [0.05, 0.1) is 35.9 Å². The number of benzene rings is 1. The number of carbonyl (C=O) groups excluding carboxylic acids is 1. The number of anilines is 1. The van der Waals surface area contributed by atoms with Crippen LogP contribution in [0.2, 0.25) is 10.0 Å². The molecule has 1 fully saturated rings. The number of nitrogens with zero attached hydrogens (tertiary/aromatic N) is 1. The Hall–Kier alpha value is -0.810. The molecule has 0 atom stereocenters. The average molecular weight is 303 g/mol. The fourth-order valence-electron chi connectivity index (χ4n) is 2.24. The summed E-state index contributed by atoms with van der Waals surface area (Å²) in [6.07, 6.45) is 0. The molecule has 1 heterocycles. The second-order valence-electron chi connectivity index (χ2n) is 5.12. The molecule has 0 saturated carbocycles. The van der Waals surface area contributed by atoms with E-state index >= 15 is 0 Å². The summed E-state index contributed by atoms with van der Waals surface area (Å²) in [7, 11) is 2.09. The number of hydrogen-bond acceptors (Lipinski definition) is 2. The van der Waals surface area contributed by atoms with Crippen LogP contribution < -0.4 is 10.6 Å². The predicted molar refractivity (Wildman–Crippen MR) is 78.7 cm³/mol. The highest BCUT2D eigenvalue weighted by Gasteiger charge is 2.27. The van der Waals surface area contributed by atoms with E-state index in [1.165, 1.54) is 0 Å². The number of piperazine rings is 1. The Kier molecular flexibility index (Phi) is 4.68. The van der Waals surface area contributed by atoms with Gasteiger partial charge in [-0.05, 0) is 12.1 Å². The maximum absolute atomic E-state index is 12.1. The van der Waals surface area contributed by atoms with Gasteiger partial charge in [-0.1, -0.05) is 29.3 Å². The van der Waals surface area contributed by atoms with E-state index in [2.05, 4.69) is 17.7 Å². The number of nitrogens with one attached hydrogen (secondary N) is 2. The summed E-state index contributed by atoms with van der Waals surface area (Å²) in [6.45, 7) is 4.21. The molecule has 6 heteroatoms. The van der Waals surface area contributed by atoms with Crippen molar-refractivity contribution in [2.24, 2.45) is 0 Å². The minimum Gasteiger partial charge on any atom is -0.319 e. The Morgan fingerprint density at radius 3 is 2.47 bits per heavy atom. The van der Waals surface area contributed by atoms with Crippen LogP contribution in [0.1, 0.15) is 0 Å². The third-order valence-corrected chi connectivity index (χ3v) is 4.04. The van der Waals surface area contributed by atoms with Gasteiger partial charge in [0.2, 0.25) is 0 Å². The molecule has 1 aromatic rings. The summed E-state index contributed by atoms with van der Waals surface area (Å²) >= 11 is 12.1. The third kappa shape index (κ3) is 3.83. The van der Waals surface area contributed by atoms with Crippen molar-refractivity contribution >= 4 is 34.8 Å². The number of carbonyl (C=O) groups is 1. The van der Waals surface area contributed by atoms with Gasteiger partial charge < -0.3 is 15.1 Å². The number of quaternary nitrogens is 1. The molecule has 0 radical (unpaired) electrons. The lowest BCUT2D eigenvalue weighted by Gasteiger charge is -2.37. The van der Waals surface area contributed by atoms with Crippen molar-refractivity contribution in [2.45, 2.75) is 0 Å². The fourth-order valence-corrected chi connectivity index (χ4v) is 2.73. The van der Waals surface area contributed by atoms with Crippen LogP contribution in [0.5, 0.6) is 0 Å². The normalized spacial score (nSPS) is 18.1. The van der Waals surface area contributed by atoms with Crippen molar-refractivity contribution in [2.75, 3.05) is 45.1 Å². The highest BCUT2D eigenvalue weighted by molar-refractivity contribution is 6.39. The van der Waals surface area contributed by atoms with E-state index < -0.39 is 0 Å². The Morgan fingerprint density at radius 1 is 1.32 bits per heavy atom. The van der Waals surface area contributed by atoms with Crippen LogP contribution in [0.3, 0.4) is 0 Å². The zero-order valence-corrected chi connectivity index (χ0v) is 12.4. The van der Waals surface area contributed by atoms with Gasteiger partial charge in [0.1, 0.15) is 0 Å². The number of hydrogen-bond donors (Lipinski definition) is 2. The predicted octanol–water partition coefficient (Wildman–Crippen LogP) is 1.98. The molecule has 2 N–H and O–H groups in total. The SMILES string of the molecule is C[N+]1(CC(=O)Nc2c(Cl)cccc2Cl)CCNCC1. The summed E-state index contributed by atoms with van der Waals surface area (Å²) < 4.78 is 0.737. The van der Waals surface area contributed by atoms with Gasteiger partial charge in [-0.3, -0.25) is 4.79 Å². The lowest BCUT2D eigenvalue weighted by molar-refractivity contribution is -0.903. The number of amides is 1. The highest BCUT2D eigenvalue weighted by Crippen LogP contribution is 2.29. The molecule has 1 saturated heterocycles. The quantitative estimate of drug-likeness (QED) is 0.838. The molecule has 2 rings (SSSR count). The molecule has 0 aromatic heterocycles. The molecule has 1 aromatic carbocycles. The van der Waals surface area contributed by atoms with Gasteiger partial charge in [-0.2, -0.15) is 0 Å². The summed E-state index contributed by atoms with van der Waals surface area (Å²) in [5, 5.41) is 7.03. The zero-order chi connectivity index (χ0) is 13.9. The maximum atomic E-state index is 12.1. The molecule has 0 aliphatic carbocycles. The van der Waals surface area contributed by atoms with Crippen molar-refractivity contribution in [1.29, 1.82) is 0 Å². The van der Waals surface area contributed by atoms with E-state index in [9.17, 15) is 4.79 Å². The van der Waals surface area contributed by atoms with E-state index in [1.807, 2.05) is 0 Å². The standard InChI is InChI=1S/C13H17Cl2N3O/c1-18(7-5-16-6-8-18)9-12(19)17-13-10(14)3-2-4-11(13)15/h2-4,16H,5-9H2,1H3/p+1. The third-order valence-electron chi connectivity index (χ3n) is 3.41. The van der Waals surface area contributed by atoms with Gasteiger partial charge in [-0.25, -0.2) is 0 Å². The summed E-state index contributed by atoms with van der Waals surface area (Å²) in [5.74, 6) is -0.0561. The van der Waals surface area contributed by atoms with Gasteiger partial charge in [0.15, 0.2) is 6.54 Å². The Labute approximate surface area is 123 Å². The molecule has 1 aliphatic rings. The Balaban J connectivity index is 2.01. The van der Waals surface area contributed by atoms with E-state index in [0.29, 0.717) is 22.3 Å². The van der Waals surface area contributed by atoms with Crippen LogP contribution in [-0.2, 0) is 4.79 Å². The molecule has 1 aliphatic heterocycles. The van der Waals surface area contributed by atoms with Crippen molar-refractivity contribution in [3.05, 3.63) is 28.2 Å². The summed E-state index contributed by atoms with van der Waals surface area (Å²) in [5.41, 5.74) is 0.498. The van der Waals surface area contributed by atoms with E-state index in [-0.39, 0.29) is 5.91 Å². The maximum Gasteiger partial charge on any atom is 0.279 e. The Morgan fingerprint density at radius 2 is 1.89 bits per heavy atom. The molecule has 0 unspecified atom stereocenters. The molecule has 1 amide bonds. The monoisotopic (exact) mass is 302 g/mol. The molecular formula is C13H18Cl2N3O+. The van der Waals surface area contributed by atoms with E-state index in [4.69, 9.17) is 23.2 Å². The fraction of sp³-hybridized carbons (Fsp3) is 0.462. The minimum atomic E-state index is -0.0561. The first-order valence-electron chi connectivity index (χ1n) is 6.28. The first-order chi connectivity index (χ1) is 9.00. The van der Waals surface area contributed by atoms with Crippen molar-refractivity contribution in [1.82, 2.24) is 5.32 Å². The molecule has 19 heavy (non-hydrogen) atoms. The topological polar surface area (TPSA) is 41.1 Å². The molecule has 0 bridgehead atoms. The van der Waals surface area contributed by atoms with Crippen LogP contribution in [0.15, 0.2) is 18.2 Å². The number of rotatable bonds is 3. The minimum absolute atomic E-state index is 0.0561. The van der Waals surface area contributed by atoms with Crippen molar-refractivity contribution in [3.63, 3.8) is 0 Å². The molecular weight excluding hydrogens is 285 g/mol. The van der Waals surface area contributed by atoms with Gasteiger partial charge in [0.25, 0.3) is 5.91 Å². The second kappa shape index (κ2) is 6.09. The molecule has 0 spiro atoms. The number of likely N-dealkylation sites (N-methyl/N-ethyl adjacent to an activating group) is 1. The summed E-state index contributed by atoms with van der Waals surface area (Å²) in [6, 6.07) is 5.18. The van der Waals surface area contributed by atoms with E-state index in [0.717, 1.165) is 30.7 Å². The Bertz CT molecular complexity index is 453. The van der Waals surface area contributed by atoms with Crippen molar-refractivity contribution in [3.8, 4) is 0 Å². The number of para-hydroxylation sites is 1. The van der Waals surface area contributed by atoms with Gasteiger partial charge in [0, 0.05) is 13.1 Å². The zero-order valence-electron chi connectivity index (χ0n) is 10.9. The van der Waals surface area contributed by atoms with Gasteiger partial charge >= 0.3 is 0 Å². The molecule has 104 valence electrons. The highest BCUT2D eigenvalue weighted by atomic mass is 35.5. The van der Waals surface area contributed by atoms with Crippen LogP contribution in [0.4, 0.5) is 5.69 Å². The second-order valence-corrected chi connectivity index (χ2v) is 5.93. The largest absolute Gasteiger partial charge is 0.319 e. The van der Waals surface area contributed by atoms with Crippen molar-refractivity contribution < 1.29 is 9.28 Å². The van der Waals surface area contributed by atoms with Gasteiger partial charge in [-0.15, -0.1) is 0 Å². The van der Waals surface area contributed by atoms with Crippen LogP contribution >= 0.6 is 23.2 Å². The summed E-state index contributed by atoms with van der Waals surface area (Å²) in [4.78, 5) is 12.1. The van der Waals surface area contributed by atoms with E-state index in [1.54, 1.807) is 18.2 Å². The van der Waals surface area contributed by atoms with Crippen LogP contribution in [0, 0.1) is 0 Å². The lowest BCUT2D eigenvalue weighted by atomic mass is 10.2. The first-order valence-corrected chi connectivity index (χ1v) is 7.04. The average Bonchev–Trinajstić information content (AvgIpc) is 2.34. The van der Waals surface area contributed by atoms with Crippen LogP contribution in [-0.4, -0.2) is 50.2 Å². The first kappa shape index (κ1) is 14.6. The number of halogens is 2. The lowest BCUT2D eigenvalue weighted by Crippen LogP contribution is -2.58.